The highest BCUT2D eigenvalue weighted by Gasteiger charge is 2.34. The fourth-order valence-electron chi connectivity index (χ4n) is 2.17. The molecule has 0 amide bonds. The fourth-order valence-corrected chi connectivity index (χ4v) is 2.17. The molecule has 0 saturated carbocycles. The van der Waals surface area contributed by atoms with Gasteiger partial charge in [0, 0.05) is 26.2 Å². The molecule has 1 saturated heterocycles. The molecule has 94 valence electrons. The van der Waals surface area contributed by atoms with Crippen LogP contribution in [-0.2, 0) is 0 Å². The number of aromatic nitrogens is 3. The van der Waals surface area contributed by atoms with Gasteiger partial charge in [-0.15, -0.1) is 0 Å². The van der Waals surface area contributed by atoms with Gasteiger partial charge < -0.3 is 15.5 Å². The summed E-state index contributed by atoms with van der Waals surface area (Å²) in [6.07, 6.45) is 2.31. The predicted octanol–water partition coefficient (Wildman–Crippen LogP) is 0.899. The molecule has 0 spiro atoms. The first-order chi connectivity index (χ1) is 7.90. The van der Waals surface area contributed by atoms with Crippen molar-refractivity contribution in [3.63, 3.8) is 0 Å². The number of anilines is 3. The molecule has 6 nitrogen and oxygen atoms in total. The number of nitrogens with zero attached hydrogens (tertiary/aromatic N) is 5. The van der Waals surface area contributed by atoms with E-state index in [2.05, 4.69) is 33.7 Å². The summed E-state index contributed by atoms with van der Waals surface area (Å²) in [7, 11) is 3.79. The van der Waals surface area contributed by atoms with Crippen molar-refractivity contribution in [2.24, 2.45) is 0 Å². The van der Waals surface area contributed by atoms with Crippen molar-refractivity contribution in [2.75, 3.05) is 36.2 Å². The number of rotatable bonds is 2. The minimum absolute atomic E-state index is 0.0946. The molecule has 0 atom stereocenters. The molecule has 1 fully saturated rings. The maximum Gasteiger partial charge on any atom is 0.232 e. The summed E-state index contributed by atoms with van der Waals surface area (Å²) in [4.78, 5) is 16.9. The molecule has 1 aromatic heterocycles. The lowest BCUT2D eigenvalue weighted by Gasteiger charge is -2.31. The van der Waals surface area contributed by atoms with E-state index in [0.717, 1.165) is 19.4 Å². The van der Waals surface area contributed by atoms with Crippen molar-refractivity contribution in [1.82, 2.24) is 15.0 Å². The van der Waals surface area contributed by atoms with Crippen molar-refractivity contribution in [3.8, 4) is 0 Å². The van der Waals surface area contributed by atoms with E-state index in [0.29, 0.717) is 11.9 Å². The van der Waals surface area contributed by atoms with Gasteiger partial charge in [0.2, 0.25) is 17.8 Å². The standard InChI is InChI=1S/C11H20N6/c1-11(2)6-5-7-17(11)10-14-8(12)13-9(15-10)16(3)4/h5-7H2,1-4H3,(H2,12,13,14,15). The van der Waals surface area contributed by atoms with E-state index in [1.165, 1.54) is 0 Å². The Bertz CT molecular complexity index is 414. The van der Waals surface area contributed by atoms with Crippen LogP contribution in [0, 0.1) is 0 Å². The molecule has 1 aliphatic rings. The van der Waals surface area contributed by atoms with Gasteiger partial charge in [-0.3, -0.25) is 0 Å². The zero-order valence-electron chi connectivity index (χ0n) is 10.9. The van der Waals surface area contributed by atoms with E-state index in [4.69, 9.17) is 5.73 Å². The van der Waals surface area contributed by atoms with Gasteiger partial charge in [0.05, 0.1) is 0 Å². The van der Waals surface area contributed by atoms with Gasteiger partial charge in [0.25, 0.3) is 0 Å². The zero-order chi connectivity index (χ0) is 12.6. The molecule has 0 bridgehead atoms. The van der Waals surface area contributed by atoms with Crippen LogP contribution in [0.2, 0.25) is 0 Å². The molecule has 2 heterocycles. The average molecular weight is 236 g/mol. The predicted molar refractivity (Wildman–Crippen MR) is 69.2 cm³/mol. The topological polar surface area (TPSA) is 71.2 Å². The van der Waals surface area contributed by atoms with Crippen LogP contribution in [0.25, 0.3) is 0 Å². The Hall–Kier alpha value is -1.59. The molecule has 2 N–H and O–H groups in total. The molecule has 6 heteroatoms. The van der Waals surface area contributed by atoms with Crippen LogP contribution in [0.15, 0.2) is 0 Å². The second-order valence-corrected chi connectivity index (χ2v) is 5.26. The van der Waals surface area contributed by atoms with Crippen LogP contribution in [-0.4, -0.2) is 41.1 Å². The van der Waals surface area contributed by atoms with Crippen LogP contribution in [0.4, 0.5) is 17.8 Å². The number of nitrogen functional groups attached to an aromatic ring is 1. The van der Waals surface area contributed by atoms with Crippen molar-refractivity contribution >= 4 is 17.8 Å². The molecular formula is C11H20N6. The largest absolute Gasteiger partial charge is 0.368 e. The highest BCUT2D eigenvalue weighted by molar-refractivity contribution is 5.45. The lowest BCUT2D eigenvalue weighted by Crippen LogP contribution is -2.39. The average Bonchev–Trinajstić information content (AvgIpc) is 2.57. The second-order valence-electron chi connectivity index (χ2n) is 5.26. The molecule has 0 aromatic carbocycles. The number of hydrogen-bond acceptors (Lipinski definition) is 6. The monoisotopic (exact) mass is 236 g/mol. The Balaban J connectivity index is 2.38. The van der Waals surface area contributed by atoms with Gasteiger partial charge >= 0.3 is 0 Å². The van der Waals surface area contributed by atoms with E-state index < -0.39 is 0 Å². The molecule has 0 unspecified atom stereocenters. The molecule has 1 aromatic rings. The maximum absolute atomic E-state index is 5.74. The molecule has 2 rings (SSSR count). The highest BCUT2D eigenvalue weighted by atomic mass is 15.4. The summed E-state index contributed by atoms with van der Waals surface area (Å²) in [5, 5.41) is 0. The third-order valence-electron chi connectivity index (χ3n) is 3.17. The molecule has 17 heavy (non-hydrogen) atoms. The number of nitrogens with two attached hydrogens (primary N) is 1. The van der Waals surface area contributed by atoms with Crippen molar-refractivity contribution < 1.29 is 0 Å². The lowest BCUT2D eigenvalue weighted by atomic mass is 10.0. The SMILES string of the molecule is CN(C)c1nc(N)nc(N2CCCC2(C)C)n1. The van der Waals surface area contributed by atoms with Gasteiger partial charge in [0.15, 0.2) is 0 Å². The van der Waals surface area contributed by atoms with Gasteiger partial charge in [-0.25, -0.2) is 0 Å². The van der Waals surface area contributed by atoms with E-state index in [1.54, 1.807) is 0 Å². The minimum atomic E-state index is 0.0946. The normalized spacial score (nSPS) is 18.5. The van der Waals surface area contributed by atoms with Crippen LogP contribution >= 0.6 is 0 Å². The Morgan fingerprint density at radius 2 is 1.94 bits per heavy atom. The van der Waals surface area contributed by atoms with Crippen LogP contribution in [0.1, 0.15) is 26.7 Å². The van der Waals surface area contributed by atoms with Crippen molar-refractivity contribution in [3.05, 3.63) is 0 Å². The van der Waals surface area contributed by atoms with E-state index in [-0.39, 0.29) is 11.5 Å². The summed E-state index contributed by atoms with van der Waals surface area (Å²) in [5.41, 5.74) is 5.83. The van der Waals surface area contributed by atoms with Gasteiger partial charge in [-0.2, -0.15) is 15.0 Å². The van der Waals surface area contributed by atoms with Crippen LogP contribution < -0.4 is 15.5 Å². The van der Waals surface area contributed by atoms with Crippen molar-refractivity contribution in [1.29, 1.82) is 0 Å². The summed E-state index contributed by atoms with van der Waals surface area (Å²) in [6.45, 7) is 5.38. The minimum Gasteiger partial charge on any atom is -0.368 e. The third-order valence-corrected chi connectivity index (χ3v) is 3.17. The number of hydrogen-bond donors (Lipinski definition) is 1. The molecule has 0 aliphatic carbocycles. The van der Waals surface area contributed by atoms with E-state index >= 15 is 0 Å². The summed E-state index contributed by atoms with van der Waals surface area (Å²) in [6, 6.07) is 0. The van der Waals surface area contributed by atoms with Gasteiger partial charge in [-0.05, 0) is 26.7 Å². The van der Waals surface area contributed by atoms with E-state index in [9.17, 15) is 0 Å². The molecule has 0 radical (unpaired) electrons. The Morgan fingerprint density at radius 1 is 1.24 bits per heavy atom. The zero-order valence-corrected chi connectivity index (χ0v) is 10.9. The summed E-state index contributed by atoms with van der Waals surface area (Å²) in [5.74, 6) is 1.57. The summed E-state index contributed by atoms with van der Waals surface area (Å²) >= 11 is 0. The first-order valence-electron chi connectivity index (χ1n) is 5.87. The second kappa shape index (κ2) is 4.01. The Labute approximate surface area is 102 Å². The molecule has 1 aliphatic heterocycles. The van der Waals surface area contributed by atoms with Gasteiger partial charge in [0.1, 0.15) is 0 Å². The smallest absolute Gasteiger partial charge is 0.232 e. The van der Waals surface area contributed by atoms with Crippen molar-refractivity contribution in [2.45, 2.75) is 32.2 Å². The van der Waals surface area contributed by atoms with E-state index in [1.807, 2.05) is 19.0 Å². The van der Waals surface area contributed by atoms with Crippen LogP contribution in [0.3, 0.4) is 0 Å². The Kier molecular flexibility index (Phi) is 2.81. The Morgan fingerprint density at radius 3 is 2.47 bits per heavy atom. The highest BCUT2D eigenvalue weighted by Crippen LogP contribution is 2.31. The first-order valence-corrected chi connectivity index (χ1v) is 5.87. The quantitative estimate of drug-likeness (QED) is 0.822. The lowest BCUT2D eigenvalue weighted by molar-refractivity contribution is 0.509. The third kappa shape index (κ3) is 2.25. The molecular weight excluding hydrogens is 216 g/mol. The fraction of sp³-hybridized carbons (Fsp3) is 0.727. The first kappa shape index (κ1) is 11.9. The van der Waals surface area contributed by atoms with Gasteiger partial charge in [-0.1, -0.05) is 0 Å². The summed E-state index contributed by atoms with van der Waals surface area (Å²) < 4.78 is 0. The maximum atomic E-state index is 5.74. The van der Waals surface area contributed by atoms with Crippen LogP contribution in [0.5, 0.6) is 0 Å².